The van der Waals surface area contributed by atoms with Gasteiger partial charge in [0, 0.05) is 0 Å². The first kappa shape index (κ1) is 40.3. The Bertz CT molecular complexity index is 1390. The van der Waals surface area contributed by atoms with Crippen molar-refractivity contribution in [1.29, 1.82) is 0 Å². The van der Waals surface area contributed by atoms with Crippen LogP contribution in [0.2, 0.25) is 0 Å². The van der Waals surface area contributed by atoms with Crippen LogP contribution in [0.25, 0.3) is 0 Å². The number of carbonyl (C=O) groups is 7. The average molecular weight is 775 g/mol. The van der Waals surface area contributed by atoms with Gasteiger partial charge in [0.2, 0.25) is 0 Å². The maximum absolute atomic E-state index is 12.6. The maximum atomic E-state index is 12.6. The zero-order chi connectivity index (χ0) is 37.1. The fourth-order valence-electron chi connectivity index (χ4n) is 5.31. The van der Waals surface area contributed by atoms with Crippen molar-refractivity contribution in [2.75, 3.05) is 13.2 Å². The molecule has 10 atom stereocenters. The van der Waals surface area contributed by atoms with Gasteiger partial charge < -0.3 is 0 Å². The Kier molecular flexibility index (Phi) is 15.1. The molecule has 2 aliphatic rings. The van der Waals surface area contributed by atoms with Gasteiger partial charge in [-0.25, -0.2) is 0 Å². The summed E-state index contributed by atoms with van der Waals surface area (Å²) in [4.78, 5) is 85.7. The molecule has 3 rings (SSSR count). The van der Waals surface area contributed by atoms with Crippen molar-refractivity contribution in [2.45, 2.75) is 109 Å². The number of hydrogen-bond donors (Lipinski definition) is 1. The molecule has 0 bridgehead atoms. The zero-order valence-corrected chi connectivity index (χ0v) is 30.2. The first-order valence-corrected chi connectivity index (χ1v) is 17.3. The molecule has 1 aromatic rings. The molecule has 18 heteroatoms. The number of nitrogens with one attached hydrogen (secondary N) is 1. The van der Waals surface area contributed by atoms with Crippen LogP contribution in [-0.2, 0) is 76.2 Å². The molecule has 0 unspecified atom stereocenters. The fraction of sp³-hybridized carbons (Fsp3) is 0.594. The summed E-state index contributed by atoms with van der Waals surface area (Å²) < 4.78 is 52.5. The van der Waals surface area contributed by atoms with E-state index in [1.807, 2.05) is 30.3 Å². The quantitative estimate of drug-likeness (QED) is 0.148. The molecule has 50 heavy (non-hydrogen) atoms. The van der Waals surface area contributed by atoms with Crippen LogP contribution in [-0.4, -0.2) is 130 Å². The Morgan fingerprint density at radius 1 is 0.600 bits per heavy atom. The molecule has 2 fully saturated rings. The SMILES string of the molecule is CC(=O)N[C@H]1[C@@H](OC(C)=O)[C@H](O[C@@H]2O[C@H](COC(C)=O)[C@H](OC(C)=O)[C@H](OC(C)=O)[C@H]2OC(C)=O)[C@@H](COC(C)=O)O[C@@H]1[Se]c1ccccc1. The van der Waals surface area contributed by atoms with E-state index >= 15 is 0 Å². The number of benzene rings is 1. The number of hydrogen-bond acceptors (Lipinski definition) is 16. The van der Waals surface area contributed by atoms with E-state index in [0.717, 1.165) is 39.1 Å². The Hall–Kier alpha value is -4.09. The molecule has 1 aromatic carbocycles. The van der Waals surface area contributed by atoms with Crippen LogP contribution in [0.3, 0.4) is 0 Å². The minimum atomic E-state index is -1.71. The monoisotopic (exact) mass is 775 g/mol. The summed E-state index contributed by atoms with van der Waals surface area (Å²) in [7, 11) is 0. The summed E-state index contributed by atoms with van der Waals surface area (Å²) in [5.74, 6) is -5.21. The average Bonchev–Trinajstić information content (AvgIpc) is 3.00. The van der Waals surface area contributed by atoms with E-state index in [4.69, 9.17) is 42.6 Å². The molecule has 1 N–H and O–H groups in total. The van der Waals surface area contributed by atoms with Crippen LogP contribution < -0.4 is 9.78 Å². The second kappa shape index (κ2) is 18.8. The molecule has 276 valence electrons. The van der Waals surface area contributed by atoms with Crippen LogP contribution in [0.1, 0.15) is 48.5 Å². The second-order valence-electron chi connectivity index (χ2n) is 11.2. The number of carbonyl (C=O) groups excluding carboxylic acids is 7. The van der Waals surface area contributed by atoms with E-state index in [2.05, 4.69) is 5.32 Å². The summed E-state index contributed by atoms with van der Waals surface area (Å²) in [5.41, 5.74) is 0. The molecule has 1 amide bonds. The van der Waals surface area contributed by atoms with Crippen molar-refractivity contribution >= 4 is 61.1 Å². The van der Waals surface area contributed by atoms with E-state index in [0.29, 0.717) is 0 Å². The minimum absolute atomic E-state index is 0.419. The van der Waals surface area contributed by atoms with E-state index in [1.165, 1.54) is 13.8 Å². The van der Waals surface area contributed by atoms with E-state index in [1.54, 1.807) is 0 Å². The summed E-state index contributed by atoms with van der Waals surface area (Å²) >= 11 is -0.513. The standard InChI is InChI=1S/C32H41NO16Se/c1-15(34)33-25-28(44-19(5)38)26(24(14-42-17(3)36)48-32(25)50-22-11-9-8-10-12-22)49-31-30(46-21(7)40)29(45-20(6)39)27(43-18(4)37)23(47-31)13-41-16(2)35/h8-12,23-32H,13-14H2,1-7H3,(H,33,34)/t23-,24-,25+,26-,27+,28-,29+,30-,31+,32-/m1/s1. The molecule has 0 radical (unpaired) electrons. The fourth-order valence-corrected chi connectivity index (χ4v) is 7.72. The van der Waals surface area contributed by atoms with Gasteiger partial charge in [-0.15, -0.1) is 0 Å². The number of amides is 1. The Morgan fingerprint density at radius 3 is 1.58 bits per heavy atom. The summed E-state index contributed by atoms with van der Waals surface area (Å²) in [6.45, 7) is 6.96. The van der Waals surface area contributed by atoms with E-state index in [9.17, 15) is 33.6 Å². The van der Waals surface area contributed by atoms with Crippen molar-refractivity contribution in [1.82, 2.24) is 5.32 Å². The Labute approximate surface area is 294 Å². The second-order valence-corrected chi connectivity index (χ2v) is 13.7. The van der Waals surface area contributed by atoms with Crippen LogP contribution in [0.15, 0.2) is 30.3 Å². The van der Waals surface area contributed by atoms with E-state index in [-0.39, 0.29) is 0 Å². The van der Waals surface area contributed by atoms with Gasteiger partial charge >= 0.3 is 295 Å². The summed E-state index contributed by atoms with van der Waals surface area (Å²) in [6, 6.07) is 8.16. The van der Waals surface area contributed by atoms with Crippen molar-refractivity contribution < 1.29 is 76.2 Å². The summed E-state index contributed by atoms with van der Waals surface area (Å²) in [5, 5.41) is 1.99. The molecule has 0 spiro atoms. The molecule has 0 aromatic heterocycles. The Balaban J connectivity index is 2.16. The van der Waals surface area contributed by atoms with Crippen molar-refractivity contribution in [3.8, 4) is 0 Å². The van der Waals surface area contributed by atoms with Gasteiger partial charge in [0.1, 0.15) is 0 Å². The van der Waals surface area contributed by atoms with E-state index < -0.39 is 130 Å². The first-order chi connectivity index (χ1) is 23.5. The van der Waals surface area contributed by atoms with Gasteiger partial charge in [0.05, 0.1) is 0 Å². The normalized spacial score (nSPS) is 29.0. The molecule has 2 aliphatic heterocycles. The van der Waals surface area contributed by atoms with Gasteiger partial charge in [-0.05, 0) is 0 Å². The van der Waals surface area contributed by atoms with Gasteiger partial charge in [-0.1, -0.05) is 0 Å². The molecule has 0 saturated carbocycles. The predicted octanol–water partition coefficient (Wildman–Crippen LogP) is -0.791. The van der Waals surface area contributed by atoms with Gasteiger partial charge in [-0.2, -0.15) is 0 Å². The third-order valence-electron chi connectivity index (χ3n) is 7.00. The summed E-state index contributed by atoms with van der Waals surface area (Å²) in [6.07, 6.45) is -11.7. The van der Waals surface area contributed by atoms with Crippen LogP contribution in [0.5, 0.6) is 0 Å². The predicted molar refractivity (Wildman–Crippen MR) is 167 cm³/mol. The van der Waals surface area contributed by atoms with Gasteiger partial charge in [0.25, 0.3) is 0 Å². The third kappa shape index (κ3) is 12.1. The zero-order valence-electron chi connectivity index (χ0n) is 28.5. The van der Waals surface area contributed by atoms with Crippen molar-refractivity contribution in [3.05, 3.63) is 30.3 Å². The number of rotatable bonds is 13. The van der Waals surface area contributed by atoms with Crippen LogP contribution >= 0.6 is 0 Å². The Morgan fingerprint density at radius 2 is 1.08 bits per heavy atom. The van der Waals surface area contributed by atoms with Crippen molar-refractivity contribution in [2.24, 2.45) is 0 Å². The molecule has 0 aliphatic carbocycles. The van der Waals surface area contributed by atoms with Gasteiger partial charge in [0.15, 0.2) is 0 Å². The topological polar surface area (TPSA) is 215 Å². The van der Waals surface area contributed by atoms with Crippen LogP contribution in [0, 0.1) is 0 Å². The third-order valence-corrected chi connectivity index (χ3v) is 9.48. The number of esters is 6. The first-order valence-electron chi connectivity index (χ1n) is 15.5. The van der Waals surface area contributed by atoms with Crippen molar-refractivity contribution in [3.63, 3.8) is 0 Å². The molecule has 2 saturated heterocycles. The molecular weight excluding hydrogens is 733 g/mol. The van der Waals surface area contributed by atoms with Crippen LogP contribution in [0.4, 0.5) is 0 Å². The molecule has 17 nitrogen and oxygen atoms in total. The molecule has 2 heterocycles. The van der Waals surface area contributed by atoms with Gasteiger partial charge in [-0.3, -0.25) is 0 Å². The molecular formula is C32H41NO16Se. The number of ether oxygens (including phenoxy) is 9.